The first-order valence-electron chi connectivity index (χ1n) is 5.68. The van der Waals surface area contributed by atoms with Crippen molar-refractivity contribution >= 4 is 11.8 Å². The number of amides is 2. The van der Waals surface area contributed by atoms with Crippen LogP contribution >= 0.6 is 0 Å². The van der Waals surface area contributed by atoms with E-state index in [1.54, 1.807) is 30.7 Å². The van der Waals surface area contributed by atoms with Crippen LogP contribution < -0.4 is 5.32 Å². The molecule has 16 heavy (non-hydrogen) atoms. The molecule has 1 rings (SSSR count). The lowest BCUT2D eigenvalue weighted by atomic mass is 9.97. The smallest absolute Gasteiger partial charge is 0.247 e. The fourth-order valence-corrected chi connectivity index (χ4v) is 1.98. The molecule has 0 bridgehead atoms. The van der Waals surface area contributed by atoms with Crippen LogP contribution in [0.1, 0.15) is 20.8 Å². The lowest BCUT2D eigenvalue weighted by Gasteiger charge is -2.44. The van der Waals surface area contributed by atoms with Crippen molar-refractivity contribution in [1.82, 2.24) is 15.1 Å². The summed E-state index contributed by atoms with van der Waals surface area (Å²) in [6, 6.07) is 0. The Bertz CT molecular complexity index is 289. The van der Waals surface area contributed by atoms with Gasteiger partial charge in [-0.05, 0) is 20.4 Å². The topological polar surface area (TPSA) is 52.7 Å². The number of carbonyl (C=O) groups excluding carboxylic acids is 2. The van der Waals surface area contributed by atoms with Gasteiger partial charge in [-0.1, -0.05) is 6.92 Å². The molecule has 5 heteroatoms. The van der Waals surface area contributed by atoms with Gasteiger partial charge in [0.25, 0.3) is 0 Å². The van der Waals surface area contributed by atoms with Crippen molar-refractivity contribution in [2.75, 3.05) is 33.2 Å². The summed E-state index contributed by atoms with van der Waals surface area (Å²) in [5.74, 6) is -0.00287. The first-order valence-corrected chi connectivity index (χ1v) is 5.68. The molecule has 1 aliphatic heterocycles. The van der Waals surface area contributed by atoms with E-state index < -0.39 is 5.54 Å². The predicted molar refractivity (Wildman–Crippen MR) is 62.0 cm³/mol. The molecule has 1 heterocycles. The van der Waals surface area contributed by atoms with Gasteiger partial charge < -0.3 is 15.1 Å². The number of rotatable bonds is 3. The van der Waals surface area contributed by atoms with Crippen LogP contribution in [0, 0.1) is 0 Å². The fraction of sp³-hybridized carbons (Fsp3) is 0.818. The number of nitrogens with one attached hydrogen (secondary N) is 1. The molecule has 0 atom stereocenters. The van der Waals surface area contributed by atoms with Gasteiger partial charge in [-0.15, -0.1) is 0 Å². The summed E-state index contributed by atoms with van der Waals surface area (Å²) in [6.45, 7) is 7.83. The van der Waals surface area contributed by atoms with Crippen molar-refractivity contribution in [1.29, 1.82) is 0 Å². The predicted octanol–water partition coefficient (Wildman–Crippen LogP) is -0.325. The molecule has 0 spiro atoms. The minimum absolute atomic E-state index is 0.00333. The zero-order valence-electron chi connectivity index (χ0n) is 10.5. The molecule has 5 nitrogen and oxygen atoms in total. The van der Waals surface area contributed by atoms with Gasteiger partial charge in [-0.25, -0.2) is 0 Å². The van der Waals surface area contributed by atoms with Crippen LogP contribution in [0.5, 0.6) is 0 Å². The van der Waals surface area contributed by atoms with E-state index in [9.17, 15) is 9.59 Å². The van der Waals surface area contributed by atoms with Gasteiger partial charge in [0.2, 0.25) is 11.8 Å². The molecule has 0 aromatic heterocycles. The summed E-state index contributed by atoms with van der Waals surface area (Å²) in [5, 5.41) is 2.99. The summed E-state index contributed by atoms with van der Waals surface area (Å²) in [7, 11) is 1.77. The standard InChI is InChI=1S/C11H21N3O2/c1-5-12-8-9(15)14-7-6-13(4)10(16)11(14,2)3/h12H,5-8H2,1-4H3. The maximum Gasteiger partial charge on any atom is 0.247 e. The molecule has 2 amide bonds. The number of carbonyl (C=O) groups is 2. The molecule has 1 saturated heterocycles. The summed E-state index contributed by atoms with van der Waals surface area (Å²) >= 11 is 0. The van der Waals surface area contributed by atoms with Crippen molar-refractivity contribution in [3.63, 3.8) is 0 Å². The van der Waals surface area contributed by atoms with E-state index in [1.165, 1.54) is 0 Å². The summed E-state index contributed by atoms with van der Waals surface area (Å²) in [5.41, 5.74) is -0.723. The SMILES string of the molecule is CCNCC(=O)N1CCN(C)C(=O)C1(C)C. The Kier molecular flexibility index (Phi) is 3.91. The Balaban J connectivity index is 2.73. The minimum atomic E-state index is -0.723. The Hall–Kier alpha value is -1.10. The number of likely N-dealkylation sites (N-methyl/N-ethyl adjacent to an activating group) is 2. The van der Waals surface area contributed by atoms with Crippen LogP contribution in [0.15, 0.2) is 0 Å². The molecule has 0 aliphatic carbocycles. The molecule has 0 saturated carbocycles. The molecule has 0 aromatic carbocycles. The van der Waals surface area contributed by atoms with Gasteiger partial charge in [0.15, 0.2) is 0 Å². The van der Waals surface area contributed by atoms with Gasteiger partial charge in [0.1, 0.15) is 5.54 Å². The molecular formula is C11H21N3O2. The highest BCUT2D eigenvalue weighted by molar-refractivity contribution is 5.92. The van der Waals surface area contributed by atoms with Gasteiger partial charge in [-0.2, -0.15) is 0 Å². The van der Waals surface area contributed by atoms with Crippen LogP contribution in [-0.2, 0) is 9.59 Å². The van der Waals surface area contributed by atoms with E-state index in [4.69, 9.17) is 0 Å². The second-order valence-corrected chi connectivity index (χ2v) is 4.61. The quantitative estimate of drug-likeness (QED) is 0.718. The van der Waals surface area contributed by atoms with Crippen molar-refractivity contribution < 1.29 is 9.59 Å². The van der Waals surface area contributed by atoms with E-state index in [0.29, 0.717) is 19.6 Å². The third-order valence-corrected chi connectivity index (χ3v) is 3.03. The molecular weight excluding hydrogens is 206 g/mol. The van der Waals surface area contributed by atoms with E-state index in [-0.39, 0.29) is 11.8 Å². The molecule has 0 radical (unpaired) electrons. The van der Waals surface area contributed by atoms with Gasteiger partial charge in [0, 0.05) is 20.1 Å². The number of nitrogens with zero attached hydrogens (tertiary/aromatic N) is 2. The largest absolute Gasteiger partial charge is 0.342 e. The van der Waals surface area contributed by atoms with Gasteiger partial charge >= 0.3 is 0 Å². The lowest BCUT2D eigenvalue weighted by molar-refractivity contribution is -0.156. The van der Waals surface area contributed by atoms with E-state index >= 15 is 0 Å². The molecule has 0 unspecified atom stereocenters. The number of piperazine rings is 1. The fourth-order valence-electron chi connectivity index (χ4n) is 1.98. The van der Waals surface area contributed by atoms with E-state index in [2.05, 4.69) is 5.32 Å². The molecule has 1 aliphatic rings. The summed E-state index contributed by atoms with van der Waals surface area (Å²) < 4.78 is 0. The van der Waals surface area contributed by atoms with Crippen molar-refractivity contribution in [3.05, 3.63) is 0 Å². The van der Waals surface area contributed by atoms with Crippen molar-refractivity contribution in [3.8, 4) is 0 Å². The second kappa shape index (κ2) is 4.82. The third kappa shape index (κ3) is 2.35. The third-order valence-electron chi connectivity index (χ3n) is 3.03. The first kappa shape index (κ1) is 13.0. The van der Waals surface area contributed by atoms with Crippen molar-refractivity contribution in [2.45, 2.75) is 26.3 Å². The zero-order chi connectivity index (χ0) is 12.3. The molecule has 92 valence electrons. The summed E-state index contributed by atoms with van der Waals surface area (Å²) in [4.78, 5) is 27.2. The zero-order valence-corrected chi connectivity index (χ0v) is 10.5. The molecule has 0 aromatic rings. The Morgan fingerprint density at radius 2 is 2.06 bits per heavy atom. The van der Waals surface area contributed by atoms with Crippen LogP contribution in [0.2, 0.25) is 0 Å². The highest BCUT2D eigenvalue weighted by Crippen LogP contribution is 2.21. The second-order valence-electron chi connectivity index (χ2n) is 4.61. The lowest BCUT2D eigenvalue weighted by Crippen LogP contribution is -2.64. The Morgan fingerprint density at radius 3 is 2.62 bits per heavy atom. The van der Waals surface area contributed by atoms with E-state index in [1.807, 2.05) is 6.92 Å². The first-order chi connectivity index (χ1) is 7.41. The van der Waals surface area contributed by atoms with Crippen LogP contribution in [0.3, 0.4) is 0 Å². The minimum Gasteiger partial charge on any atom is -0.342 e. The van der Waals surface area contributed by atoms with Crippen LogP contribution in [0.4, 0.5) is 0 Å². The van der Waals surface area contributed by atoms with E-state index in [0.717, 1.165) is 6.54 Å². The highest BCUT2D eigenvalue weighted by Gasteiger charge is 2.42. The highest BCUT2D eigenvalue weighted by atomic mass is 16.2. The molecule has 1 N–H and O–H groups in total. The van der Waals surface area contributed by atoms with Crippen molar-refractivity contribution in [2.24, 2.45) is 0 Å². The van der Waals surface area contributed by atoms with Crippen LogP contribution in [0.25, 0.3) is 0 Å². The Morgan fingerprint density at radius 1 is 1.44 bits per heavy atom. The normalized spacial score (nSPS) is 20.1. The number of hydrogen-bond acceptors (Lipinski definition) is 3. The van der Waals surface area contributed by atoms with Crippen LogP contribution in [-0.4, -0.2) is 60.4 Å². The summed E-state index contributed by atoms with van der Waals surface area (Å²) in [6.07, 6.45) is 0. The molecule has 1 fully saturated rings. The van der Waals surface area contributed by atoms with Gasteiger partial charge in [-0.3, -0.25) is 9.59 Å². The number of hydrogen-bond donors (Lipinski definition) is 1. The Labute approximate surface area is 96.8 Å². The monoisotopic (exact) mass is 227 g/mol. The average molecular weight is 227 g/mol. The van der Waals surface area contributed by atoms with Gasteiger partial charge in [0.05, 0.1) is 6.54 Å². The maximum atomic E-state index is 11.9. The maximum absolute atomic E-state index is 11.9. The average Bonchev–Trinajstić information content (AvgIpc) is 2.23.